The van der Waals surface area contributed by atoms with E-state index in [9.17, 15) is 0 Å². The number of thiocarbonyl (C=S) groups is 1. The summed E-state index contributed by atoms with van der Waals surface area (Å²) in [7, 11) is 1.68. The van der Waals surface area contributed by atoms with Gasteiger partial charge in [0.1, 0.15) is 10.7 Å². The van der Waals surface area contributed by atoms with Gasteiger partial charge in [-0.2, -0.15) is 0 Å². The highest BCUT2D eigenvalue weighted by Crippen LogP contribution is 2.21. The molecule has 0 aliphatic heterocycles. The first kappa shape index (κ1) is 15.3. The van der Waals surface area contributed by atoms with Crippen LogP contribution in [0.25, 0.3) is 0 Å². The molecule has 0 aliphatic rings. The van der Waals surface area contributed by atoms with Crippen LogP contribution in [-0.2, 0) is 6.42 Å². The minimum Gasteiger partial charge on any atom is -0.497 e. The Morgan fingerprint density at radius 3 is 2.71 bits per heavy atom. The zero-order valence-electron chi connectivity index (χ0n) is 12.3. The molecule has 2 rings (SSSR count). The zero-order valence-corrected chi connectivity index (χ0v) is 13.2. The van der Waals surface area contributed by atoms with Crippen molar-refractivity contribution in [1.29, 1.82) is 0 Å². The summed E-state index contributed by atoms with van der Waals surface area (Å²) in [6.45, 7) is 2.86. The highest BCUT2D eigenvalue weighted by molar-refractivity contribution is 7.80. The Morgan fingerprint density at radius 1 is 1.24 bits per heavy atom. The Labute approximate surface area is 131 Å². The Morgan fingerprint density at radius 2 is 2.00 bits per heavy atom. The van der Waals surface area contributed by atoms with Crippen molar-refractivity contribution in [1.82, 2.24) is 0 Å². The largest absolute Gasteiger partial charge is 0.497 e. The van der Waals surface area contributed by atoms with E-state index in [1.807, 2.05) is 30.3 Å². The quantitative estimate of drug-likeness (QED) is 0.804. The second kappa shape index (κ2) is 7.09. The number of nitrogens with one attached hydrogen (secondary N) is 1. The van der Waals surface area contributed by atoms with Crippen molar-refractivity contribution in [3.05, 3.63) is 59.2 Å². The molecule has 0 spiro atoms. The third kappa shape index (κ3) is 3.95. The van der Waals surface area contributed by atoms with E-state index >= 15 is 0 Å². The van der Waals surface area contributed by atoms with Crippen molar-refractivity contribution in [2.45, 2.75) is 13.3 Å². The van der Waals surface area contributed by atoms with Gasteiger partial charge < -0.3 is 15.8 Å². The Bertz CT molecular complexity index is 640. The predicted octanol–water partition coefficient (Wildman–Crippen LogP) is 3.29. The molecule has 2 aromatic carbocycles. The Hall–Kier alpha value is -2.07. The molecule has 110 valence electrons. The number of methoxy groups -OCH3 is 1. The maximum absolute atomic E-state index is 5.78. The molecular weight excluding hydrogens is 280 g/mol. The SMILES string of the molecule is COc1cccc(CCNc2c(C)cccc2C(N)=S)c1. The molecule has 3 nitrogen and oxygen atoms in total. The number of para-hydroxylation sites is 1. The summed E-state index contributed by atoms with van der Waals surface area (Å²) in [6, 6.07) is 14.1. The molecule has 0 amide bonds. The average molecular weight is 300 g/mol. The Balaban J connectivity index is 2.05. The van der Waals surface area contributed by atoms with Gasteiger partial charge in [0.05, 0.1) is 7.11 Å². The van der Waals surface area contributed by atoms with Crippen LogP contribution >= 0.6 is 12.2 Å². The molecule has 0 aliphatic carbocycles. The monoisotopic (exact) mass is 300 g/mol. The number of ether oxygens (including phenoxy) is 1. The van der Waals surface area contributed by atoms with Gasteiger partial charge in [-0.15, -0.1) is 0 Å². The van der Waals surface area contributed by atoms with Crippen LogP contribution in [0.3, 0.4) is 0 Å². The van der Waals surface area contributed by atoms with Gasteiger partial charge in [0, 0.05) is 17.8 Å². The molecule has 3 N–H and O–H groups in total. The van der Waals surface area contributed by atoms with Crippen molar-refractivity contribution < 1.29 is 4.74 Å². The number of anilines is 1. The fourth-order valence-electron chi connectivity index (χ4n) is 2.27. The van der Waals surface area contributed by atoms with Crippen molar-refractivity contribution in [2.24, 2.45) is 5.73 Å². The van der Waals surface area contributed by atoms with E-state index in [0.29, 0.717) is 4.99 Å². The van der Waals surface area contributed by atoms with E-state index in [1.54, 1.807) is 7.11 Å². The van der Waals surface area contributed by atoms with E-state index in [-0.39, 0.29) is 0 Å². The summed E-state index contributed by atoms with van der Waals surface area (Å²) in [5, 5.41) is 3.44. The highest BCUT2D eigenvalue weighted by Gasteiger charge is 2.07. The number of hydrogen-bond donors (Lipinski definition) is 2. The first-order valence-corrected chi connectivity index (χ1v) is 7.29. The lowest BCUT2D eigenvalue weighted by molar-refractivity contribution is 0.414. The van der Waals surface area contributed by atoms with Gasteiger partial charge in [0.2, 0.25) is 0 Å². The molecule has 0 bridgehead atoms. The number of nitrogens with two attached hydrogens (primary N) is 1. The summed E-state index contributed by atoms with van der Waals surface area (Å²) in [5.74, 6) is 0.882. The molecule has 0 saturated carbocycles. The third-order valence-corrected chi connectivity index (χ3v) is 3.61. The van der Waals surface area contributed by atoms with Crippen LogP contribution in [-0.4, -0.2) is 18.6 Å². The van der Waals surface area contributed by atoms with E-state index < -0.39 is 0 Å². The van der Waals surface area contributed by atoms with Gasteiger partial charge in [0.15, 0.2) is 0 Å². The normalized spacial score (nSPS) is 10.2. The second-order valence-corrected chi connectivity index (χ2v) is 5.33. The van der Waals surface area contributed by atoms with Gasteiger partial charge in [-0.05, 0) is 42.7 Å². The lowest BCUT2D eigenvalue weighted by Crippen LogP contribution is -2.15. The lowest BCUT2D eigenvalue weighted by Gasteiger charge is -2.14. The maximum Gasteiger partial charge on any atom is 0.119 e. The fraction of sp³-hybridized carbons (Fsp3) is 0.235. The first-order valence-electron chi connectivity index (χ1n) is 6.88. The fourth-order valence-corrected chi connectivity index (χ4v) is 2.44. The molecule has 0 radical (unpaired) electrons. The van der Waals surface area contributed by atoms with Gasteiger partial charge in [-0.1, -0.05) is 36.5 Å². The molecule has 2 aromatic rings. The number of benzene rings is 2. The van der Waals surface area contributed by atoms with Crippen LogP contribution in [0.5, 0.6) is 5.75 Å². The van der Waals surface area contributed by atoms with Crippen molar-refractivity contribution in [2.75, 3.05) is 19.0 Å². The zero-order chi connectivity index (χ0) is 15.2. The van der Waals surface area contributed by atoms with Crippen molar-refractivity contribution in [3.63, 3.8) is 0 Å². The van der Waals surface area contributed by atoms with Crippen LogP contribution in [0.4, 0.5) is 5.69 Å². The maximum atomic E-state index is 5.78. The van der Waals surface area contributed by atoms with Crippen LogP contribution in [0.2, 0.25) is 0 Å². The summed E-state index contributed by atoms with van der Waals surface area (Å²) >= 11 is 5.11. The van der Waals surface area contributed by atoms with Crippen molar-refractivity contribution >= 4 is 22.9 Å². The van der Waals surface area contributed by atoms with Crippen LogP contribution in [0, 0.1) is 6.92 Å². The van der Waals surface area contributed by atoms with E-state index in [0.717, 1.165) is 35.5 Å². The minimum atomic E-state index is 0.419. The first-order chi connectivity index (χ1) is 10.1. The minimum absolute atomic E-state index is 0.419. The van der Waals surface area contributed by atoms with E-state index in [2.05, 4.69) is 24.4 Å². The van der Waals surface area contributed by atoms with Crippen LogP contribution in [0.1, 0.15) is 16.7 Å². The summed E-state index contributed by atoms with van der Waals surface area (Å²) < 4.78 is 5.24. The molecule has 0 aromatic heterocycles. The van der Waals surface area contributed by atoms with Gasteiger partial charge in [0.25, 0.3) is 0 Å². The molecule has 0 unspecified atom stereocenters. The van der Waals surface area contributed by atoms with Gasteiger partial charge in [-0.3, -0.25) is 0 Å². The highest BCUT2D eigenvalue weighted by atomic mass is 32.1. The second-order valence-electron chi connectivity index (χ2n) is 4.89. The molecule has 0 saturated heterocycles. The standard InChI is InChI=1S/C17H20N2OS/c1-12-5-3-8-15(17(18)21)16(12)19-10-9-13-6-4-7-14(11-13)20-2/h3-8,11,19H,9-10H2,1-2H3,(H2,18,21). The third-order valence-electron chi connectivity index (χ3n) is 3.39. The summed E-state index contributed by atoms with van der Waals surface area (Å²) in [6.07, 6.45) is 0.905. The van der Waals surface area contributed by atoms with E-state index in [1.165, 1.54) is 5.56 Å². The Kier molecular flexibility index (Phi) is 5.17. The van der Waals surface area contributed by atoms with E-state index in [4.69, 9.17) is 22.7 Å². The smallest absolute Gasteiger partial charge is 0.119 e. The predicted molar refractivity (Wildman–Crippen MR) is 92.3 cm³/mol. The molecule has 21 heavy (non-hydrogen) atoms. The van der Waals surface area contributed by atoms with Crippen LogP contribution in [0.15, 0.2) is 42.5 Å². The van der Waals surface area contributed by atoms with Crippen LogP contribution < -0.4 is 15.8 Å². The molecule has 0 atom stereocenters. The topological polar surface area (TPSA) is 47.3 Å². The molecular formula is C17H20N2OS. The number of aryl methyl sites for hydroxylation is 1. The lowest BCUT2D eigenvalue weighted by atomic mass is 10.1. The molecule has 0 fully saturated rings. The van der Waals surface area contributed by atoms with Crippen molar-refractivity contribution in [3.8, 4) is 5.75 Å². The summed E-state index contributed by atoms with van der Waals surface area (Å²) in [5.41, 5.74) is 10.1. The molecule has 4 heteroatoms. The summed E-state index contributed by atoms with van der Waals surface area (Å²) in [4.78, 5) is 0.419. The average Bonchev–Trinajstić information content (AvgIpc) is 2.49. The molecule has 0 heterocycles. The number of hydrogen-bond acceptors (Lipinski definition) is 3. The van der Waals surface area contributed by atoms with Gasteiger partial charge in [-0.25, -0.2) is 0 Å². The number of rotatable bonds is 6. The van der Waals surface area contributed by atoms with Gasteiger partial charge >= 0.3 is 0 Å².